The maximum atomic E-state index is 12.9. The van der Waals surface area contributed by atoms with Crippen LogP contribution in [0.4, 0.5) is 10.1 Å². The van der Waals surface area contributed by atoms with Gasteiger partial charge in [-0.1, -0.05) is 0 Å². The summed E-state index contributed by atoms with van der Waals surface area (Å²) in [6.07, 6.45) is 0. The standard InChI is InChI=1S/C9H11BrFN/c1-3-12-9-4-6(2)8(11)5-7(9)10/h4-5,12H,3H2,1-2H3. The fourth-order valence-corrected chi connectivity index (χ4v) is 1.44. The minimum Gasteiger partial charge on any atom is -0.384 e. The van der Waals surface area contributed by atoms with Crippen LogP contribution in [0, 0.1) is 12.7 Å². The van der Waals surface area contributed by atoms with E-state index in [-0.39, 0.29) is 5.82 Å². The van der Waals surface area contributed by atoms with Crippen LogP contribution in [0.15, 0.2) is 16.6 Å². The van der Waals surface area contributed by atoms with Gasteiger partial charge in [-0.15, -0.1) is 0 Å². The molecule has 0 atom stereocenters. The lowest BCUT2D eigenvalue weighted by Crippen LogP contribution is -1.98. The van der Waals surface area contributed by atoms with Gasteiger partial charge in [0.1, 0.15) is 5.82 Å². The van der Waals surface area contributed by atoms with E-state index in [0.29, 0.717) is 5.56 Å². The molecule has 0 amide bonds. The van der Waals surface area contributed by atoms with Gasteiger partial charge in [0.2, 0.25) is 0 Å². The number of halogens is 2. The molecular weight excluding hydrogens is 221 g/mol. The predicted octanol–water partition coefficient (Wildman–Crippen LogP) is 3.33. The van der Waals surface area contributed by atoms with Gasteiger partial charge in [0, 0.05) is 16.7 Å². The van der Waals surface area contributed by atoms with E-state index in [1.807, 2.05) is 6.92 Å². The van der Waals surface area contributed by atoms with Gasteiger partial charge in [0.15, 0.2) is 0 Å². The third-order valence-corrected chi connectivity index (χ3v) is 2.27. The van der Waals surface area contributed by atoms with Crippen molar-refractivity contribution in [2.24, 2.45) is 0 Å². The van der Waals surface area contributed by atoms with Crippen molar-refractivity contribution >= 4 is 21.6 Å². The average Bonchev–Trinajstić information content (AvgIpc) is 2.01. The molecule has 0 bridgehead atoms. The number of nitrogens with one attached hydrogen (secondary N) is 1. The van der Waals surface area contributed by atoms with Crippen LogP contribution < -0.4 is 5.32 Å². The van der Waals surface area contributed by atoms with E-state index in [9.17, 15) is 4.39 Å². The first-order chi connectivity index (χ1) is 5.65. The Balaban J connectivity index is 3.05. The molecule has 0 aliphatic carbocycles. The highest BCUT2D eigenvalue weighted by molar-refractivity contribution is 9.10. The monoisotopic (exact) mass is 231 g/mol. The van der Waals surface area contributed by atoms with Crippen LogP contribution in [0.1, 0.15) is 12.5 Å². The average molecular weight is 232 g/mol. The molecule has 0 fully saturated rings. The van der Waals surface area contributed by atoms with Crippen LogP contribution in [0.25, 0.3) is 0 Å². The molecule has 0 aliphatic rings. The first-order valence-electron chi connectivity index (χ1n) is 3.84. The Morgan fingerprint density at radius 1 is 1.50 bits per heavy atom. The summed E-state index contributed by atoms with van der Waals surface area (Å²) in [6.45, 7) is 4.59. The summed E-state index contributed by atoms with van der Waals surface area (Å²) in [6, 6.07) is 3.27. The lowest BCUT2D eigenvalue weighted by atomic mass is 10.2. The molecule has 1 nitrogen and oxygen atoms in total. The third-order valence-electron chi connectivity index (χ3n) is 1.62. The first kappa shape index (κ1) is 9.52. The van der Waals surface area contributed by atoms with Crippen molar-refractivity contribution in [3.8, 4) is 0 Å². The van der Waals surface area contributed by atoms with Gasteiger partial charge in [-0.05, 0) is 47.5 Å². The summed E-state index contributed by atoms with van der Waals surface area (Å²) in [4.78, 5) is 0. The molecule has 0 aliphatic heterocycles. The molecule has 1 N–H and O–H groups in total. The fourth-order valence-electron chi connectivity index (χ4n) is 0.983. The lowest BCUT2D eigenvalue weighted by molar-refractivity contribution is 0.618. The maximum absolute atomic E-state index is 12.9. The molecule has 3 heteroatoms. The largest absolute Gasteiger partial charge is 0.384 e. The van der Waals surface area contributed by atoms with Crippen LogP contribution in [0.5, 0.6) is 0 Å². The van der Waals surface area contributed by atoms with Crippen LogP contribution in [0.2, 0.25) is 0 Å². The third kappa shape index (κ3) is 1.97. The van der Waals surface area contributed by atoms with E-state index in [2.05, 4.69) is 21.2 Å². The van der Waals surface area contributed by atoms with Gasteiger partial charge in [0.25, 0.3) is 0 Å². The molecule has 66 valence electrons. The molecule has 0 saturated heterocycles. The smallest absolute Gasteiger partial charge is 0.127 e. The molecule has 0 heterocycles. The van der Waals surface area contributed by atoms with Crippen LogP contribution in [0.3, 0.4) is 0 Å². The lowest BCUT2D eigenvalue weighted by Gasteiger charge is -2.07. The van der Waals surface area contributed by atoms with Gasteiger partial charge in [0.05, 0.1) is 0 Å². The Morgan fingerprint density at radius 2 is 2.17 bits per heavy atom. The second kappa shape index (κ2) is 3.90. The second-order valence-corrected chi connectivity index (χ2v) is 3.47. The summed E-state index contributed by atoms with van der Waals surface area (Å²) in [5.74, 6) is -0.177. The summed E-state index contributed by atoms with van der Waals surface area (Å²) in [7, 11) is 0. The molecule has 0 unspecified atom stereocenters. The van der Waals surface area contributed by atoms with E-state index in [0.717, 1.165) is 16.7 Å². The first-order valence-corrected chi connectivity index (χ1v) is 4.64. The summed E-state index contributed by atoms with van der Waals surface area (Å²) in [5.41, 5.74) is 1.60. The molecule has 0 saturated carbocycles. The quantitative estimate of drug-likeness (QED) is 0.824. The Labute approximate surface area is 80.1 Å². The van der Waals surface area contributed by atoms with E-state index in [4.69, 9.17) is 0 Å². The number of benzene rings is 1. The van der Waals surface area contributed by atoms with Gasteiger partial charge < -0.3 is 5.32 Å². The Bertz CT molecular complexity index is 286. The number of aryl methyl sites for hydroxylation is 1. The fraction of sp³-hybridized carbons (Fsp3) is 0.333. The van der Waals surface area contributed by atoms with Crippen molar-refractivity contribution < 1.29 is 4.39 Å². The zero-order valence-electron chi connectivity index (χ0n) is 7.12. The van der Waals surface area contributed by atoms with Crippen molar-refractivity contribution in [1.82, 2.24) is 0 Å². The van der Waals surface area contributed by atoms with Crippen molar-refractivity contribution in [2.45, 2.75) is 13.8 Å². The minimum absolute atomic E-state index is 0.177. The molecule has 0 radical (unpaired) electrons. The molecule has 0 spiro atoms. The predicted molar refractivity (Wildman–Crippen MR) is 53.0 cm³/mol. The van der Waals surface area contributed by atoms with E-state index < -0.39 is 0 Å². The highest BCUT2D eigenvalue weighted by atomic mass is 79.9. The number of anilines is 1. The highest BCUT2D eigenvalue weighted by Crippen LogP contribution is 2.25. The van der Waals surface area contributed by atoms with Crippen LogP contribution in [-0.4, -0.2) is 6.54 Å². The molecule has 1 rings (SSSR count). The van der Waals surface area contributed by atoms with Crippen LogP contribution >= 0.6 is 15.9 Å². The van der Waals surface area contributed by atoms with E-state index in [1.54, 1.807) is 13.0 Å². The Kier molecular flexibility index (Phi) is 3.09. The highest BCUT2D eigenvalue weighted by Gasteiger charge is 2.03. The van der Waals surface area contributed by atoms with Gasteiger partial charge in [-0.2, -0.15) is 0 Å². The molecular formula is C9H11BrFN. The normalized spacial score (nSPS) is 10.0. The van der Waals surface area contributed by atoms with Crippen LogP contribution in [-0.2, 0) is 0 Å². The van der Waals surface area contributed by atoms with Gasteiger partial charge >= 0.3 is 0 Å². The van der Waals surface area contributed by atoms with E-state index in [1.165, 1.54) is 6.07 Å². The summed E-state index contributed by atoms with van der Waals surface area (Å²) >= 11 is 3.28. The number of rotatable bonds is 2. The molecule has 1 aromatic rings. The summed E-state index contributed by atoms with van der Waals surface area (Å²) in [5, 5.41) is 3.13. The van der Waals surface area contributed by atoms with Crippen molar-refractivity contribution in [2.75, 3.05) is 11.9 Å². The SMILES string of the molecule is CCNc1cc(C)c(F)cc1Br. The Morgan fingerprint density at radius 3 is 2.75 bits per heavy atom. The molecule has 0 aromatic heterocycles. The molecule has 12 heavy (non-hydrogen) atoms. The minimum atomic E-state index is -0.177. The zero-order valence-corrected chi connectivity index (χ0v) is 8.70. The number of hydrogen-bond donors (Lipinski definition) is 1. The van der Waals surface area contributed by atoms with Gasteiger partial charge in [-0.3, -0.25) is 0 Å². The Hall–Kier alpha value is -0.570. The van der Waals surface area contributed by atoms with E-state index >= 15 is 0 Å². The second-order valence-electron chi connectivity index (χ2n) is 2.61. The maximum Gasteiger partial charge on any atom is 0.127 e. The van der Waals surface area contributed by atoms with Gasteiger partial charge in [-0.25, -0.2) is 4.39 Å². The van der Waals surface area contributed by atoms with Crippen molar-refractivity contribution in [3.63, 3.8) is 0 Å². The number of hydrogen-bond acceptors (Lipinski definition) is 1. The van der Waals surface area contributed by atoms with Crippen molar-refractivity contribution in [1.29, 1.82) is 0 Å². The van der Waals surface area contributed by atoms with Crippen molar-refractivity contribution in [3.05, 3.63) is 28.0 Å². The topological polar surface area (TPSA) is 12.0 Å². The molecule has 1 aromatic carbocycles. The zero-order chi connectivity index (χ0) is 9.14. The summed E-state index contributed by atoms with van der Waals surface area (Å²) < 4.78 is 13.7.